The van der Waals surface area contributed by atoms with Crippen LogP contribution in [0.3, 0.4) is 0 Å². The molecule has 0 saturated carbocycles. The molecule has 0 saturated heterocycles. The third-order valence-electron chi connectivity index (χ3n) is 1.76. The maximum absolute atomic E-state index is 12.8. The molecule has 6 heteroatoms. The van der Waals surface area contributed by atoms with E-state index in [0.29, 0.717) is 5.56 Å². The average Bonchev–Trinajstić information content (AvgIpc) is 2.24. The first kappa shape index (κ1) is 12.4. The summed E-state index contributed by atoms with van der Waals surface area (Å²) in [6.45, 7) is 0. The number of nitrogens with two attached hydrogens (primary N) is 1. The van der Waals surface area contributed by atoms with Crippen molar-refractivity contribution in [3.8, 4) is 6.07 Å². The lowest BCUT2D eigenvalue weighted by Gasteiger charge is -1.99. The summed E-state index contributed by atoms with van der Waals surface area (Å²) in [4.78, 5) is 21.7. The summed E-state index contributed by atoms with van der Waals surface area (Å²) in [6.07, 6.45) is 1.15. The molecule has 0 fully saturated rings. The van der Waals surface area contributed by atoms with Crippen LogP contribution in [0.4, 0.5) is 9.18 Å². The molecule has 0 aromatic heterocycles. The van der Waals surface area contributed by atoms with Crippen molar-refractivity contribution in [2.24, 2.45) is 5.73 Å². The lowest BCUT2D eigenvalue weighted by Crippen LogP contribution is -2.35. The molecule has 3 N–H and O–H groups in total. The number of hydrogen-bond donors (Lipinski definition) is 2. The molecule has 17 heavy (non-hydrogen) atoms. The van der Waals surface area contributed by atoms with Crippen LogP contribution in [-0.2, 0) is 4.79 Å². The number of carbonyl (C=O) groups is 2. The van der Waals surface area contributed by atoms with E-state index < -0.39 is 17.8 Å². The van der Waals surface area contributed by atoms with Crippen molar-refractivity contribution in [2.75, 3.05) is 0 Å². The minimum absolute atomic E-state index is 0.334. The van der Waals surface area contributed by atoms with Gasteiger partial charge in [-0.15, -0.1) is 0 Å². The van der Waals surface area contributed by atoms with E-state index in [-0.39, 0.29) is 5.57 Å². The van der Waals surface area contributed by atoms with E-state index in [9.17, 15) is 14.0 Å². The van der Waals surface area contributed by atoms with E-state index in [1.165, 1.54) is 18.2 Å². The molecular formula is C11H8FN3O2. The van der Waals surface area contributed by atoms with Gasteiger partial charge in [0, 0.05) is 0 Å². The highest BCUT2D eigenvalue weighted by atomic mass is 19.1. The minimum atomic E-state index is -1.06. The molecule has 5 nitrogen and oxygen atoms in total. The monoisotopic (exact) mass is 233 g/mol. The summed E-state index contributed by atoms with van der Waals surface area (Å²) in [7, 11) is 0. The van der Waals surface area contributed by atoms with Gasteiger partial charge in [-0.25, -0.2) is 9.18 Å². The molecule has 0 aliphatic heterocycles. The minimum Gasteiger partial charge on any atom is -0.351 e. The van der Waals surface area contributed by atoms with Gasteiger partial charge < -0.3 is 5.73 Å². The van der Waals surface area contributed by atoms with Gasteiger partial charge in [0.25, 0.3) is 5.91 Å². The first-order chi connectivity index (χ1) is 8.02. The third kappa shape index (κ3) is 3.76. The summed E-state index contributed by atoms with van der Waals surface area (Å²) in [5.41, 5.74) is 4.73. The number of nitrogens with one attached hydrogen (secondary N) is 1. The van der Waals surface area contributed by atoms with Gasteiger partial charge in [0.2, 0.25) is 0 Å². The first-order valence-corrected chi connectivity index (χ1v) is 4.51. The molecule has 0 spiro atoms. The SMILES string of the molecule is N#C/C(=C/c1cccc(F)c1)C(=O)NC(N)=O. The number of urea groups is 1. The number of imide groups is 1. The van der Waals surface area contributed by atoms with Crippen molar-refractivity contribution in [3.63, 3.8) is 0 Å². The van der Waals surface area contributed by atoms with Gasteiger partial charge in [0.15, 0.2) is 0 Å². The molecule has 0 heterocycles. The zero-order valence-corrected chi connectivity index (χ0v) is 8.61. The summed E-state index contributed by atoms with van der Waals surface area (Å²) in [6, 6.07) is 5.86. The summed E-state index contributed by atoms with van der Waals surface area (Å²) in [5, 5.41) is 10.5. The molecule has 86 valence electrons. The van der Waals surface area contributed by atoms with Crippen molar-refractivity contribution in [2.45, 2.75) is 0 Å². The molecule has 0 atom stereocenters. The van der Waals surface area contributed by atoms with Crippen LogP contribution in [0.1, 0.15) is 5.56 Å². The van der Waals surface area contributed by atoms with E-state index in [2.05, 4.69) is 0 Å². The molecule has 0 bridgehead atoms. The Balaban J connectivity index is 2.99. The van der Waals surface area contributed by atoms with Crippen LogP contribution in [-0.4, -0.2) is 11.9 Å². The van der Waals surface area contributed by atoms with Gasteiger partial charge >= 0.3 is 6.03 Å². The Morgan fingerprint density at radius 3 is 2.71 bits per heavy atom. The van der Waals surface area contributed by atoms with Crippen molar-refractivity contribution in [3.05, 3.63) is 41.2 Å². The van der Waals surface area contributed by atoms with E-state index >= 15 is 0 Å². The number of nitriles is 1. The van der Waals surface area contributed by atoms with E-state index in [4.69, 9.17) is 11.0 Å². The maximum Gasteiger partial charge on any atom is 0.319 e. The molecule has 1 aromatic carbocycles. The van der Waals surface area contributed by atoms with Gasteiger partial charge in [-0.3, -0.25) is 10.1 Å². The van der Waals surface area contributed by atoms with Crippen molar-refractivity contribution < 1.29 is 14.0 Å². The van der Waals surface area contributed by atoms with Gasteiger partial charge in [-0.1, -0.05) is 12.1 Å². The van der Waals surface area contributed by atoms with E-state index in [0.717, 1.165) is 12.1 Å². The predicted octanol–water partition coefficient (Wildman–Crippen LogP) is 0.928. The Morgan fingerprint density at radius 1 is 1.47 bits per heavy atom. The number of hydrogen-bond acceptors (Lipinski definition) is 3. The predicted molar refractivity (Wildman–Crippen MR) is 57.7 cm³/mol. The van der Waals surface area contributed by atoms with Crippen LogP contribution in [0.15, 0.2) is 29.8 Å². The van der Waals surface area contributed by atoms with Crippen LogP contribution in [0.25, 0.3) is 6.08 Å². The summed E-state index contributed by atoms with van der Waals surface area (Å²) >= 11 is 0. The molecule has 1 rings (SSSR count). The second kappa shape index (κ2) is 5.42. The number of rotatable bonds is 2. The first-order valence-electron chi connectivity index (χ1n) is 4.51. The number of benzene rings is 1. The van der Waals surface area contributed by atoms with Gasteiger partial charge in [-0.05, 0) is 23.8 Å². The van der Waals surface area contributed by atoms with E-state index in [1.54, 1.807) is 11.4 Å². The van der Waals surface area contributed by atoms with Crippen molar-refractivity contribution in [1.29, 1.82) is 5.26 Å². The van der Waals surface area contributed by atoms with Crippen LogP contribution in [0.2, 0.25) is 0 Å². The van der Waals surface area contributed by atoms with Crippen molar-refractivity contribution >= 4 is 18.0 Å². The molecule has 0 aliphatic rings. The molecule has 0 radical (unpaired) electrons. The molecule has 0 unspecified atom stereocenters. The zero-order chi connectivity index (χ0) is 12.8. The van der Waals surface area contributed by atoms with Crippen LogP contribution >= 0.6 is 0 Å². The van der Waals surface area contributed by atoms with Crippen LogP contribution < -0.4 is 11.1 Å². The fourth-order valence-corrected chi connectivity index (χ4v) is 1.09. The highest BCUT2D eigenvalue weighted by Crippen LogP contribution is 2.08. The molecule has 1 aromatic rings. The van der Waals surface area contributed by atoms with Crippen LogP contribution in [0.5, 0.6) is 0 Å². The number of carbonyl (C=O) groups excluding carboxylic acids is 2. The zero-order valence-electron chi connectivity index (χ0n) is 8.61. The van der Waals surface area contributed by atoms with Gasteiger partial charge in [0.05, 0.1) is 0 Å². The van der Waals surface area contributed by atoms with Crippen molar-refractivity contribution in [1.82, 2.24) is 5.32 Å². The third-order valence-corrected chi connectivity index (χ3v) is 1.76. The Labute approximate surface area is 96.3 Å². The van der Waals surface area contributed by atoms with E-state index in [1.807, 2.05) is 0 Å². The number of amides is 3. The van der Waals surface area contributed by atoms with Gasteiger partial charge in [-0.2, -0.15) is 5.26 Å². The quantitative estimate of drug-likeness (QED) is 0.587. The summed E-state index contributed by atoms with van der Waals surface area (Å²) in [5.74, 6) is -1.42. The highest BCUT2D eigenvalue weighted by Gasteiger charge is 2.10. The Morgan fingerprint density at radius 2 is 2.18 bits per heavy atom. The highest BCUT2D eigenvalue weighted by molar-refractivity contribution is 6.08. The van der Waals surface area contributed by atoms with Crippen LogP contribution in [0, 0.1) is 17.1 Å². The molecular weight excluding hydrogens is 225 g/mol. The Kier molecular flexibility index (Phi) is 3.95. The Bertz CT molecular complexity index is 532. The Hall–Kier alpha value is -2.68. The lowest BCUT2D eigenvalue weighted by molar-refractivity contribution is -0.115. The number of nitrogens with zero attached hydrogens (tertiary/aromatic N) is 1. The average molecular weight is 233 g/mol. The topological polar surface area (TPSA) is 96.0 Å². The second-order valence-corrected chi connectivity index (χ2v) is 3.04. The fraction of sp³-hybridized carbons (Fsp3) is 0. The smallest absolute Gasteiger partial charge is 0.319 e. The lowest BCUT2D eigenvalue weighted by atomic mass is 10.1. The summed E-state index contributed by atoms with van der Waals surface area (Å²) < 4.78 is 12.8. The fourth-order valence-electron chi connectivity index (χ4n) is 1.09. The molecule has 0 aliphatic carbocycles. The normalized spacial score (nSPS) is 10.5. The number of halogens is 1. The second-order valence-electron chi connectivity index (χ2n) is 3.04. The number of primary amides is 1. The largest absolute Gasteiger partial charge is 0.351 e. The molecule has 3 amide bonds. The standard InChI is InChI=1S/C11H8FN3O2/c12-9-3-1-2-7(5-9)4-8(6-13)10(16)15-11(14)17/h1-5H,(H3,14,15,16,17)/b8-4-. The van der Waals surface area contributed by atoms with Gasteiger partial charge in [0.1, 0.15) is 17.5 Å². The maximum atomic E-state index is 12.8.